The molecule has 0 aliphatic carbocycles. The number of rotatable bonds is 5. The molecule has 1 aromatic rings. The lowest BCUT2D eigenvalue weighted by molar-refractivity contribution is 0.397. The Hall–Kier alpha value is -1.09. The van der Waals surface area contributed by atoms with E-state index in [9.17, 15) is 0 Å². The van der Waals surface area contributed by atoms with Crippen LogP contribution in [0.25, 0.3) is 0 Å². The molecule has 0 unspecified atom stereocenters. The molecule has 0 aromatic carbocycles. The van der Waals surface area contributed by atoms with Gasteiger partial charge in [0, 0.05) is 25.0 Å². The average Bonchev–Trinajstić information content (AvgIpc) is 2.14. The number of hydrogen-bond donors (Lipinski definition) is 1. The fraction of sp³-hybridized carbons (Fsp3) is 0.545. The van der Waals surface area contributed by atoms with Gasteiger partial charge in [0.05, 0.1) is 5.69 Å². The summed E-state index contributed by atoms with van der Waals surface area (Å²) in [6, 6.07) is 4.12. The summed E-state index contributed by atoms with van der Waals surface area (Å²) in [6.07, 6.45) is 3.00. The van der Waals surface area contributed by atoms with Crippen molar-refractivity contribution in [1.82, 2.24) is 9.88 Å². The summed E-state index contributed by atoms with van der Waals surface area (Å²) in [5, 5.41) is 3.35. The number of anilines is 1. The third-order valence-corrected chi connectivity index (χ3v) is 1.87. The van der Waals surface area contributed by atoms with Crippen molar-refractivity contribution in [2.45, 2.75) is 19.9 Å². The lowest BCUT2D eigenvalue weighted by Crippen LogP contribution is -2.12. The van der Waals surface area contributed by atoms with E-state index >= 15 is 0 Å². The first-order valence-electron chi connectivity index (χ1n) is 5.06. The van der Waals surface area contributed by atoms with Crippen LogP contribution >= 0.6 is 0 Å². The number of hydrogen-bond acceptors (Lipinski definition) is 3. The molecule has 1 N–H and O–H groups in total. The van der Waals surface area contributed by atoms with Gasteiger partial charge in [0.15, 0.2) is 0 Å². The van der Waals surface area contributed by atoms with Crippen molar-refractivity contribution in [2.75, 3.05) is 26.0 Å². The second kappa shape index (κ2) is 5.60. The lowest BCUT2D eigenvalue weighted by Gasteiger charge is -2.10. The summed E-state index contributed by atoms with van der Waals surface area (Å²) >= 11 is 0. The van der Waals surface area contributed by atoms with Crippen LogP contribution in [0.4, 0.5) is 5.69 Å². The molecule has 1 heterocycles. The zero-order chi connectivity index (χ0) is 10.4. The molecule has 0 aliphatic heterocycles. The van der Waals surface area contributed by atoms with Gasteiger partial charge < -0.3 is 10.2 Å². The molecule has 78 valence electrons. The normalized spacial score (nSPS) is 10.6. The molecular formula is C11H19N3. The number of aromatic nitrogens is 1. The maximum absolute atomic E-state index is 4.31. The van der Waals surface area contributed by atoms with Gasteiger partial charge in [-0.2, -0.15) is 0 Å². The first-order valence-corrected chi connectivity index (χ1v) is 5.06. The lowest BCUT2D eigenvalue weighted by atomic mass is 10.3. The van der Waals surface area contributed by atoms with Crippen molar-refractivity contribution in [3.05, 3.63) is 24.0 Å². The zero-order valence-electron chi connectivity index (χ0n) is 9.25. The van der Waals surface area contributed by atoms with Crippen molar-refractivity contribution in [3.8, 4) is 0 Å². The molecule has 0 saturated heterocycles. The molecule has 0 spiro atoms. The van der Waals surface area contributed by atoms with Crippen LogP contribution in [0, 0.1) is 0 Å². The molecule has 0 radical (unpaired) electrons. The number of nitrogens with one attached hydrogen (secondary N) is 1. The summed E-state index contributed by atoms with van der Waals surface area (Å²) < 4.78 is 0. The number of pyridine rings is 1. The Balaban J connectivity index is 2.59. The Bertz CT molecular complexity index is 271. The maximum atomic E-state index is 4.31. The summed E-state index contributed by atoms with van der Waals surface area (Å²) in [6.45, 7) is 4.07. The van der Waals surface area contributed by atoms with Gasteiger partial charge in [-0.3, -0.25) is 4.98 Å². The Morgan fingerprint density at radius 2 is 2.21 bits per heavy atom. The van der Waals surface area contributed by atoms with E-state index in [4.69, 9.17) is 0 Å². The van der Waals surface area contributed by atoms with Crippen molar-refractivity contribution in [3.63, 3.8) is 0 Å². The smallest absolute Gasteiger partial charge is 0.0564 e. The fourth-order valence-electron chi connectivity index (χ4n) is 1.27. The Labute approximate surface area is 86.2 Å². The highest BCUT2D eigenvalue weighted by Crippen LogP contribution is 2.08. The van der Waals surface area contributed by atoms with Crippen molar-refractivity contribution in [2.24, 2.45) is 0 Å². The van der Waals surface area contributed by atoms with Gasteiger partial charge >= 0.3 is 0 Å². The predicted octanol–water partition coefficient (Wildman–Crippen LogP) is 1.97. The second-order valence-electron chi connectivity index (χ2n) is 3.70. The number of nitrogens with zero attached hydrogens (tertiary/aromatic N) is 2. The summed E-state index contributed by atoms with van der Waals surface area (Å²) in [4.78, 5) is 6.42. The first kappa shape index (κ1) is 11.0. The van der Waals surface area contributed by atoms with E-state index in [0.29, 0.717) is 0 Å². The Morgan fingerprint density at radius 3 is 2.86 bits per heavy atom. The average molecular weight is 193 g/mol. The molecule has 0 aliphatic rings. The van der Waals surface area contributed by atoms with Gasteiger partial charge in [-0.1, -0.05) is 6.92 Å². The SMILES string of the molecule is CCCNc1ccnc(CN(C)C)c1. The van der Waals surface area contributed by atoms with Crippen LogP contribution in [0.15, 0.2) is 18.3 Å². The highest BCUT2D eigenvalue weighted by Gasteiger charge is 1.97. The monoisotopic (exact) mass is 193 g/mol. The Morgan fingerprint density at radius 1 is 1.43 bits per heavy atom. The third kappa shape index (κ3) is 3.75. The molecule has 0 amide bonds. The minimum atomic E-state index is 0.891. The van der Waals surface area contributed by atoms with Crippen molar-refractivity contribution in [1.29, 1.82) is 0 Å². The van der Waals surface area contributed by atoms with E-state index in [-0.39, 0.29) is 0 Å². The summed E-state index contributed by atoms with van der Waals surface area (Å²) in [7, 11) is 4.10. The zero-order valence-corrected chi connectivity index (χ0v) is 9.25. The van der Waals surface area contributed by atoms with E-state index in [1.54, 1.807) is 0 Å². The molecule has 0 saturated carbocycles. The van der Waals surface area contributed by atoms with Crippen LogP contribution in [0.2, 0.25) is 0 Å². The topological polar surface area (TPSA) is 28.2 Å². The van der Waals surface area contributed by atoms with Gasteiger partial charge in [0.1, 0.15) is 0 Å². The highest BCUT2D eigenvalue weighted by atomic mass is 15.1. The van der Waals surface area contributed by atoms with Gasteiger partial charge in [0.2, 0.25) is 0 Å². The summed E-state index contributed by atoms with van der Waals surface area (Å²) in [5.41, 5.74) is 2.27. The third-order valence-electron chi connectivity index (χ3n) is 1.87. The van der Waals surface area contributed by atoms with E-state index in [1.807, 2.05) is 26.4 Å². The second-order valence-corrected chi connectivity index (χ2v) is 3.70. The minimum absolute atomic E-state index is 0.891. The van der Waals surface area contributed by atoms with E-state index in [2.05, 4.69) is 28.2 Å². The largest absolute Gasteiger partial charge is 0.385 e. The molecular weight excluding hydrogens is 174 g/mol. The van der Waals surface area contributed by atoms with Crippen molar-refractivity contribution >= 4 is 5.69 Å². The van der Waals surface area contributed by atoms with Crippen LogP contribution in [-0.4, -0.2) is 30.5 Å². The van der Waals surface area contributed by atoms with Crippen LogP contribution in [0.5, 0.6) is 0 Å². The molecule has 0 atom stereocenters. The van der Waals surface area contributed by atoms with Crippen LogP contribution in [0.1, 0.15) is 19.0 Å². The minimum Gasteiger partial charge on any atom is -0.385 e. The van der Waals surface area contributed by atoms with E-state index in [1.165, 1.54) is 5.69 Å². The van der Waals surface area contributed by atoms with Crippen LogP contribution in [0.3, 0.4) is 0 Å². The molecule has 3 nitrogen and oxygen atoms in total. The van der Waals surface area contributed by atoms with E-state index < -0.39 is 0 Å². The van der Waals surface area contributed by atoms with Gasteiger partial charge in [-0.05, 0) is 32.6 Å². The molecule has 3 heteroatoms. The molecule has 1 aromatic heterocycles. The van der Waals surface area contributed by atoms with Gasteiger partial charge in [0.25, 0.3) is 0 Å². The predicted molar refractivity (Wildman–Crippen MR) is 60.4 cm³/mol. The van der Waals surface area contributed by atoms with Gasteiger partial charge in [-0.15, -0.1) is 0 Å². The van der Waals surface area contributed by atoms with Gasteiger partial charge in [-0.25, -0.2) is 0 Å². The van der Waals surface area contributed by atoms with Crippen LogP contribution < -0.4 is 5.32 Å². The summed E-state index contributed by atoms with van der Waals surface area (Å²) in [5.74, 6) is 0. The quantitative estimate of drug-likeness (QED) is 0.775. The standard InChI is InChI=1S/C11H19N3/c1-4-6-12-10-5-7-13-11(8-10)9-14(2)3/h5,7-8H,4,6,9H2,1-3H3,(H,12,13). The molecule has 1 rings (SSSR count). The maximum Gasteiger partial charge on any atom is 0.0564 e. The first-order chi connectivity index (χ1) is 6.72. The molecule has 0 bridgehead atoms. The van der Waals surface area contributed by atoms with Crippen molar-refractivity contribution < 1.29 is 0 Å². The molecule has 0 fully saturated rings. The van der Waals surface area contributed by atoms with Crippen LogP contribution in [-0.2, 0) is 6.54 Å². The van der Waals surface area contributed by atoms with E-state index in [0.717, 1.165) is 25.2 Å². The molecule has 14 heavy (non-hydrogen) atoms. The highest BCUT2D eigenvalue weighted by molar-refractivity contribution is 5.42. The fourth-order valence-corrected chi connectivity index (χ4v) is 1.27. The Kier molecular flexibility index (Phi) is 4.40.